The molecule has 1 amide bonds. The Bertz CT molecular complexity index is 895. The standard InChI is InChI=1S/C19H25N3O3S/c1-15-9-5-6-10-17(15)20-19(23)18-13-16(14-21(18)2)26(24,25)22-11-7-3-4-8-12-22/h5-6,9-10,13-14H,3-4,7-8,11-12H2,1-2H3,(H,20,23). The third-order valence-corrected chi connectivity index (χ3v) is 6.67. The highest BCUT2D eigenvalue weighted by molar-refractivity contribution is 7.89. The van der Waals surface area contributed by atoms with Gasteiger partial charge in [-0.3, -0.25) is 4.79 Å². The maximum atomic E-state index is 12.9. The molecule has 0 atom stereocenters. The lowest BCUT2D eigenvalue weighted by atomic mass is 10.2. The number of hydrogen-bond acceptors (Lipinski definition) is 3. The fourth-order valence-corrected chi connectivity index (χ4v) is 4.82. The second kappa shape index (κ2) is 7.63. The second-order valence-electron chi connectivity index (χ2n) is 6.76. The van der Waals surface area contributed by atoms with E-state index in [1.807, 2.05) is 31.2 Å². The fourth-order valence-electron chi connectivity index (χ4n) is 3.23. The Labute approximate surface area is 154 Å². The van der Waals surface area contributed by atoms with Crippen molar-refractivity contribution in [3.05, 3.63) is 47.8 Å². The van der Waals surface area contributed by atoms with Gasteiger partial charge in [-0.15, -0.1) is 0 Å². The van der Waals surface area contributed by atoms with E-state index in [2.05, 4.69) is 5.32 Å². The number of aromatic nitrogens is 1. The minimum atomic E-state index is -3.57. The highest BCUT2D eigenvalue weighted by Crippen LogP contribution is 2.23. The lowest BCUT2D eigenvalue weighted by molar-refractivity contribution is 0.101. The summed E-state index contributed by atoms with van der Waals surface area (Å²) in [6.45, 7) is 3.00. The molecule has 3 rings (SSSR count). The summed E-state index contributed by atoms with van der Waals surface area (Å²) < 4.78 is 29.0. The maximum Gasteiger partial charge on any atom is 0.272 e. The van der Waals surface area contributed by atoms with Crippen LogP contribution in [0.3, 0.4) is 0 Å². The molecule has 0 bridgehead atoms. The number of hydrogen-bond donors (Lipinski definition) is 1. The molecule has 0 unspecified atom stereocenters. The van der Waals surface area contributed by atoms with E-state index in [0.717, 1.165) is 36.9 Å². The van der Waals surface area contributed by atoms with E-state index in [-0.39, 0.29) is 10.8 Å². The van der Waals surface area contributed by atoms with Gasteiger partial charge in [-0.1, -0.05) is 31.0 Å². The number of carbonyl (C=O) groups is 1. The Kier molecular flexibility index (Phi) is 5.48. The molecule has 1 aliphatic heterocycles. The molecule has 1 fully saturated rings. The van der Waals surface area contributed by atoms with Crippen LogP contribution in [-0.4, -0.2) is 36.3 Å². The topological polar surface area (TPSA) is 71.4 Å². The van der Waals surface area contributed by atoms with E-state index in [1.165, 1.54) is 12.3 Å². The average Bonchev–Trinajstić information content (AvgIpc) is 2.82. The predicted molar refractivity (Wildman–Crippen MR) is 102 cm³/mol. The van der Waals surface area contributed by atoms with Gasteiger partial charge in [-0.2, -0.15) is 4.31 Å². The van der Waals surface area contributed by atoms with Crippen LogP contribution in [0.5, 0.6) is 0 Å². The van der Waals surface area contributed by atoms with Crippen molar-refractivity contribution < 1.29 is 13.2 Å². The monoisotopic (exact) mass is 375 g/mol. The minimum absolute atomic E-state index is 0.178. The number of para-hydroxylation sites is 1. The molecule has 1 saturated heterocycles. The summed E-state index contributed by atoms with van der Waals surface area (Å²) in [5.41, 5.74) is 1.99. The molecule has 1 aromatic carbocycles. The third kappa shape index (κ3) is 3.83. The second-order valence-corrected chi connectivity index (χ2v) is 8.70. The van der Waals surface area contributed by atoms with E-state index < -0.39 is 10.0 Å². The van der Waals surface area contributed by atoms with Crippen LogP contribution in [0.4, 0.5) is 5.69 Å². The molecule has 7 heteroatoms. The number of sulfonamides is 1. The Morgan fingerprint density at radius 3 is 2.38 bits per heavy atom. The highest BCUT2D eigenvalue weighted by atomic mass is 32.2. The molecule has 0 saturated carbocycles. The van der Waals surface area contributed by atoms with Crippen molar-refractivity contribution in [3.8, 4) is 0 Å². The van der Waals surface area contributed by atoms with Gasteiger partial charge in [0, 0.05) is 32.0 Å². The zero-order valence-electron chi connectivity index (χ0n) is 15.2. The number of carbonyl (C=O) groups excluding carboxylic acids is 1. The van der Waals surface area contributed by atoms with Crippen molar-refractivity contribution in [2.24, 2.45) is 7.05 Å². The Morgan fingerprint density at radius 1 is 1.08 bits per heavy atom. The average molecular weight is 375 g/mol. The van der Waals surface area contributed by atoms with Gasteiger partial charge in [0.25, 0.3) is 5.91 Å². The van der Waals surface area contributed by atoms with Gasteiger partial charge in [0.1, 0.15) is 10.6 Å². The summed E-state index contributed by atoms with van der Waals surface area (Å²) in [5.74, 6) is -0.320. The van der Waals surface area contributed by atoms with Crippen LogP contribution in [0.25, 0.3) is 0 Å². The number of anilines is 1. The van der Waals surface area contributed by atoms with Gasteiger partial charge >= 0.3 is 0 Å². The fraction of sp³-hybridized carbons (Fsp3) is 0.421. The molecule has 0 radical (unpaired) electrons. The summed E-state index contributed by atoms with van der Waals surface area (Å²) >= 11 is 0. The third-order valence-electron chi connectivity index (χ3n) is 4.81. The van der Waals surface area contributed by atoms with E-state index in [0.29, 0.717) is 18.8 Å². The molecule has 6 nitrogen and oxygen atoms in total. The summed E-state index contributed by atoms with van der Waals surface area (Å²) in [5, 5.41) is 2.85. The molecule has 0 aliphatic carbocycles. The quantitative estimate of drug-likeness (QED) is 0.892. The molecular formula is C19H25N3O3S. The maximum absolute atomic E-state index is 12.9. The van der Waals surface area contributed by atoms with Gasteiger partial charge < -0.3 is 9.88 Å². The number of benzene rings is 1. The van der Waals surface area contributed by atoms with E-state index >= 15 is 0 Å². The van der Waals surface area contributed by atoms with Crippen LogP contribution < -0.4 is 5.32 Å². The number of aryl methyl sites for hydroxylation is 2. The van der Waals surface area contributed by atoms with Gasteiger partial charge in [0.15, 0.2) is 0 Å². The number of nitrogens with zero attached hydrogens (tertiary/aromatic N) is 2. The van der Waals surface area contributed by atoms with E-state index in [4.69, 9.17) is 0 Å². The van der Waals surface area contributed by atoms with Crippen molar-refractivity contribution in [1.29, 1.82) is 0 Å². The summed E-state index contributed by atoms with van der Waals surface area (Å²) in [7, 11) is -1.88. The zero-order chi connectivity index (χ0) is 18.7. The van der Waals surface area contributed by atoms with E-state index in [9.17, 15) is 13.2 Å². The first-order valence-corrected chi connectivity index (χ1v) is 10.4. The minimum Gasteiger partial charge on any atom is -0.345 e. The molecule has 2 aromatic rings. The molecule has 140 valence electrons. The summed E-state index contributed by atoms with van der Waals surface area (Å²) in [4.78, 5) is 12.8. The molecule has 26 heavy (non-hydrogen) atoms. The lowest BCUT2D eigenvalue weighted by Gasteiger charge is -2.18. The van der Waals surface area contributed by atoms with Crippen molar-refractivity contribution in [2.45, 2.75) is 37.5 Å². The normalized spacial score (nSPS) is 16.2. The number of rotatable bonds is 4. The molecule has 1 aliphatic rings. The van der Waals surface area contributed by atoms with Crippen LogP contribution in [0.2, 0.25) is 0 Å². The summed E-state index contributed by atoms with van der Waals surface area (Å²) in [6.07, 6.45) is 5.40. The van der Waals surface area contributed by atoms with Crippen LogP contribution in [0, 0.1) is 6.92 Å². The molecule has 0 spiro atoms. The van der Waals surface area contributed by atoms with Crippen molar-refractivity contribution in [3.63, 3.8) is 0 Å². The predicted octanol–water partition coefficient (Wildman–Crippen LogP) is 3.15. The highest BCUT2D eigenvalue weighted by Gasteiger charge is 2.28. The van der Waals surface area contributed by atoms with Gasteiger partial charge in [-0.05, 0) is 37.5 Å². The lowest BCUT2D eigenvalue weighted by Crippen LogP contribution is -2.31. The first-order chi connectivity index (χ1) is 12.4. The number of amides is 1. The Morgan fingerprint density at radius 2 is 1.73 bits per heavy atom. The van der Waals surface area contributed by atoms with Gasteiger partial charge in [0.05, 0.1) is 0 Å². The van der Waals surface area contributed by atoms with Crippen LogP contribution in [-0.2, 0) is 17.1 Å². The van der Waals surface area contributed by atoms with Gasteiger partial charge in [0.2, 0.25) is 10.0 Å². The van der Waals surface area contributed by atoms with Crippen LogP contribution >= 0.6 is 0 Å². The molecule has 2 heterocycles. The molecule has 1 N–H and O–H groups in total. The van der Waals surface area contributed by atoms with Crippen molar-refractivity contribution in [2.75, 3.05) is 18.4 Å². The Balaban J connectivity index is 1.84. The Hall–Kier alpha value is -2.12. The molecular weight excluding hydrogens is 350 g/mol. The largest absolute Gasteiger partial charge is 0.345 e. The van der Waals surface area contributed by atoms with Gasteiger partial charge in [-0.25, -0.2) is 8.42 Å². The zero-order valence-corrected chi connectivity index (χ0v) is 16.1. The SMILES string of the molecule is Cc1ccccc1NC(=O)c1cc(S(=O)(=O)N2CCCCCC2)cn1C. The number of nitrogens with one attached hydrogen (secondary N) is 1. The van der Waals surface area contributed by atoms with Crippen molar-refractivity contribution in [1.82, 2.24) is 8.87 Å². The first kappa shape index (κ1) is 18.7. The van der Waals surface area contributed by atoms with Crippen molar-refractivity contribution >= 4 is 21.6 Å². The van der Waals surface area contributed by atoms with Crippen LogP contribution in [0.1, 0.15) is 41.7 Å². The summed E-state index contributed by atoms with van der Waals surface area (Å²) in [6, 6.07) is 8.96. The smallest absolute Gasteiger partial charge is 0.272 e. The van der Waals surface area contributed by atoms with Crippen LogP contribution in [0.15, 0.2) is 41.4 Å². The van der Waals surface area contributed by atoms with E-state index in [1.54, 1.807) is 15.9 Å². The molecule has 1 aromatic heterocycles. The first-order valence-electron chi connectivity index (χ1n) is 8.93.